The summed E-state index contributed by atoms with van der Waals surface area (Å²) in [5, 5.41) is 11.6. The lowest BCUT2D eigenvalue weighted by Gasteiger charge is -2.10. The summed E-state index contributed by atoms with van der Waals surface area (Å²) in [6.45, 7) is 1.99. The van der Waals surface area contributed by atoms with Crippen LogP contribution in [0.25, 0.3) is 11.4 Å². The summed E-state index contributed by atoms with van der Waals surface area (Å²) in [5.74, 6) is 0.570. The first-order valence-electron chi connectivity index (χ1n) is 8.78. The fourth-order valence-electron chi connectivity index (χ4n) is 2.94. The number of aryl methyl sites for hydroxylation is 1. The van der Waals surface area contributed by atoms with E-state index in [2.05, 4.69) is 15.5 Å². The van der Waals surface area contributed by atoms with Crippen molar-refractivity contribution in [1.82, 2.24) is 19.6 Å². The van der Waals surface area contributed by atoms with Gasteiger partial charge in [-0.2, -0.15) is 10.2 Å². The topological polar surface area (TPSA) is 74.0 Å². The molecule has 0 aliphatic carbocycles. The minimum Gasteiger partial charge on any atom is -0.493 e. The van der Waals surface area contributed by atoms with Gasteiger partial charge in [0.25, 0.3) is 5.91 Å². The molecule has 140 valence electrons. The maximum absolute atomic E-state index is 12.9. The number of rotatable bonds is 5. The van der Waals surface area contributed by atoms with Crippen LogP contribution in [0.5, 0.6) is 5.75 Å². The van der Waals surface area contributed by atoms with E-state index in [1.165, 1.54) is 7.11 Å². The van der Waals surface area contributed by atoms with Gasteiger partial charge in [-0.1, -0.05) is 36.4 Å². The minimum atomic E-state index is -0.373. The first kappa shape index (κ1) is 17.5. The Labute approximate surface area is 162 Å². The van der Waals surface area contributed by atoms with Crippen LogP contribution in [0.4, 0.5) is 5.82 Å². The van der Waals surface area contributed by atoms with E-state index in [4.69, 9.17) is 4.74 Å². The molecule has 2 heterocycles. The number of hydrogen-bond acceptors (Lipinski definition) is 4. The Morgan fingerprint density at radius 3 is 2.54 bits per heavy atom. The molecule has 2 aromatic carbocycles. The van der Waals surface area contributed by atoms with Crippen molar-refractivity contribution in [3.63, 3.8) is 0 Å². The summed E-state index contributed by atoms with van der Waals surface area (Å²) in [6.07, 6.45) is 3.32. The van der Waals surface area contributed by atoms with E-state index in [1.807, 2.05) is 61.5 Å². The molecule has 0 fully saturated rings. The predicted octanol–water partition coefficient (Wildman–Crippen LogP) is 3.63. The van der Waals surface area contributed by atoms with E-state index in [0.717, 1.165) is 16.9 Å². The second-order valence-corrected chi connectivity index (χ2v) is 6.20. The number of nitrogens with zero attached hydrogens (tertiary/aromatic N) is 4. The maximum atomic E-state index is 12.9. The van der Waals surface area contributed by atoms with Crippen LogP contribution in [0.3, 0.4) is 0 Å². The lowest BCUT2D eigenvalue weighted by molar-refractivity contribution is 0.101. The van der Waals surface area contributed by atoms with Crippen molar-refractivity contribution in [2.75, 3.05) is 12.4 Å². The molecule has 1 amide bonds. The van der Waals surface area contributed by atoms with Gasteiger partial charge in [-0.25, -0.2) is 9.36 Å². The second-order valence-electron chi connectivity index (χ2n) is 6.20. The molecule has 0 unspecified atom stereocenters. The molecule has 7 heteroatoms. The molecule has 0 radical (unpaired) electrons. The van der Waals surface area contributed by atoms with Crippen LogP contribution in [-0.4, -0.2) is 32.6 Å². The molecule has 0 atom stereocenters. The van der Waals surface area contributed by atoms with Gasteiger partial charge in [0.05, 0.1) is 30.9 Å². The molecule has 0 aliphatic rings. The average molecular weight is 373 g/mol. The molecule has 0 spiro atoms. The van der Waals surface area contributed by atoms with Crippen molar-refractivity contribution >= 4 is 11.7 Å². The zero-order valence-electron chi connectivity index (χ0n) is 15.5. The second kappa shape index (κ2) is 7.40. The third kappa shape index (κ3) is 3.25. The monoisotopic (exact) mass is 373 g/mol. The van der Waals surface area contributed by atoms with Crippen molar-refractivity contribution in [3.8, 4) is 17.1 Å². The SMILES string of the molecule is COc1cn(-c2ccccc2)nc1C(=O)Nc1ccnn1-c1ccccc1C. The third-order valence-corrected chi connectivity index (χ3v) is 4.36. The van der Waals surface area contributed by atoms with E-state index < -0.39 is 0 Å². The molecule has 4 aromatic rings. The van der Waals surface area contributed by atoms with Gasteiger partial charge in [0, 0.05) is 6.07 Å². The zero-order valence-corrected chi connectivity index (χ0v) is 15.5. The molecular formula is C21H19N5O2. The smallest absolute Gasteiger partial charge is 0.281 e. The van der Waals surface area contributed by atoms with Gasteiger partial charge in [0.1, 0.15) is 5.82 Å². The van der Waals surface area contributed by atoms with Crippen molar-refractivity contribution in [2.45, 2.75) is 6.92 Å². The minimum absolute atomic E-state index is 0.198. The van der Waals surface area contributed by atoms with Crippen LogP contribution in [0.1, 0.15) is 16.1 Å². The maximum Gasteiger partial charge on any atom is 0.281 e. The van der Waals surface area contributed by atoms with E-state index in [9.17, 15) is 4.79 Å². The summed E-state index contributed by atoms with van der Waals surface area (Å²) >= 11 is 0. The Morgan fingerprint density at radius 2 is 1.79 bits per heavy atom. The fraction of sp³-hybridized carbons (Fsp3) is 0.0952. The standard InChI is InChI=1S/C21H19N5O2/c1-15-8-6-7-11-17(15)26-19(12-13-22-26)23-21(27)20-18(28-2)14-25(24-20)16-9-4-3-5-10-16/h3-14H,1-2H3,(H,23,27). The highest BCUT2D eigenvalue weighted by Crippen LogP contribution is 2.22. The van der Waals surface area contributed by atoms with E-state index in [-0.39, 0.29) is 11.6 Å². The highest BCUT2D eigenvalue weighted by atomic mass is 16.5. The Hall–Kier alpha value is -3.87. The Bertz CT molecular complexity index is 1110. The molecule has 0 saturated heterocycles. The number of aromatic nitrogens is 4. The van der Waals surface area contributed by atoms with Crippen molar-refractivity contribution in [2.24, 2.45) is 0 Å². The lowest BCUT2D eigenvalue weighted by atomic mass is 10.2. The van der Waals surface area contributed by atoms with Crippen LogP contribution in [0, 0.1) is 6.92 Å². The van der Waals surface area contributed by atoms with Gasteiger partial charge >= 0.3 is 0 Å². The third-order valence-electron chi connectivity index (χ3n) is 4.36. The van der Waals surface area contributed by atoms with Gasteiger partial charge in [0.15, 0.2) is 11.4 Å². The van der Waals surface area contributed by atoms with Gasteiger partial charge in [-0.3, -0.25) is 4.79 Å². The first-order valence-corrected chi connectivity index (χ1v) is 8.78. The summed E-state index contributed by atoms with van der Waals surface area (Å²) in [4.78, 5) is 12.9. The number of ether oxygens (including phenoxy) is 1. The first-order chi connectivity index (χ1) is 13.7. The number of carbonyl (C=O) groups is 1. The van der Waals surface area contributed by atoms with Gasteiger partial charge in [-0.05, 0) is 30.7 Å². The van der Waals surface area contributed by atoms with Crippen molar-refractivity contribution < 1.29 is 9.53 Å². The molecule has 28 heavy (non-hydrogen) atoms. The predicted molar refractivity (Wildman–Crippen MR) is 106 cm³/mol. The van der Waals surface area contributed by atoms with Gasteiger partial charge in [-0.15, -0.1) is 0 Å². The van der Waals surface area contributed by atoms with E-state index in [1.54, 1.807) is 27.8 Å². The largest absolute Gasteiger partial charge is 0.493 e. The number of anilines is 1. The Kier molecular flexibility index (Phi) is 4.63. The summed E-state index contributed by atoms with van der Waals surface area (Å²) < 4.78 is 8.66. The quantitative estimate of drug-likeness (QED) is 0.580. The molecule has 4 rings (SSSR count). The Morgan fingerprint density at radius 1 is 1.04 bits per heavy atom. The summed E-state index contributed by atoms with van der Waals surface area (Å²) in [6, 6.07) is 19.1. The Balaban J connectivity index is 1.65. The van der Waals surface area contributed by atoms with Gasteiger partial charge < -0.3 is 10.1 Å². The molecule has 1 N–H and O–H groups in total. The number of para-hydroxylation sites is 2. The number of hydrogen-bond donors (Lipinski definition) is 1. The van der Waals surface area contributed by atoms with E-state index in [0.29, 0.717) is 11.6 Å². The normalized spacial score (nSPS) is 10.6. The lowest BCUT2D eigenvalue weighted by Crippen LogP contribution is -2.17. The van der Waals surface area contributed by atoms with Crippen LogP contribution in [0.15, 0.2) is 73.1 Å². The van der Waals surface area contributed by atoms with Crippen LogP contribution in [-0.2, 0) is 0 Å². The highest BCUT2D eigenvalue weighted by Gasteiger charge is 2.20. The molecule has 7 nitrogen and oxygen atoms in total. The molecule has 0 bridgehead atoms. The molecular weight excluding hydrogens is 354 g/mol. The van der Waals surface area contributed by atoms with Gasteiger partial charge in [0.2, 0.25) is 0 Å². The summed E-state index contributed by atoms with van der Waals surface area (Å²) in [7, 11) is 1.51. The highest BCUT2D eigenvalue weighted by molar-refractivity contribution is 6.04. The molecule has 2 aromatic heterocycles. The van der Waals surface area contributed by atoms with Crippen LogP contribution < -0.4 is 10.1 Å². The fourth-order valence-corrected chi connectivity index (χ4v) is 2.94. The van der Waals surface area contributed by atoms with E-state index >= 15 is 0 Å². The number of nitrogens with one attached hydrogen (secondary N) is 1. The number of amides is 1. The zero-order chi connectivity index (χ0) is 19.5. The van der Waals surface area contributed by atoms with Crippen molar-refractivity contribution in [1.29, 1.82) is 0 Å². The molecule has 0 aliphatic heterocycles. The van der Waals surface area contributed by atoms with Crippen LogP contribution >= 0.6 is 0 Å². The summed E-state index contributed by atoms with van der Waals surface area (Å²) in [5.41, 5.74) is 2.98. The number of carbonyl (C=O) groups excluding carboxylic acids is 1. The number of benzene rings is 2. The average Bonchev–Trinajstić information content (AvgIpc) is 3.36. The van der Waals surface area contributed by atoms with Crippen LogP contribution in [0.2, 0.25) is 0 Å². The number of methoxy groups -OCH3 is 1. The molecule has 0 saturated carbocycles. The van der Waals surface area contributed by atoms with Crippen molar-refractivity contribution in [3.05, 3.63) is 84.3 Å².